The van der Waals surface area contributed by atoms with E-state index in [1.54, 1.807) is 0 Å². The molecular weight excluding hydrogens is 286 g/mol. The van der Waals surface area contributed by atoms with Gasteiger partial charge in [-0.2, -0.15) is 0 Å². The molecule has 0 spiro atoms. The molecule has 0 bridgehead atoms. The Labute approximate surface area is 130 Å². The van der Waals surface area contributed by atoms with Crippen LogP contribution in [0.5, 0.6) is 5.75 Å². The average Bonchev–Trinajstić information content (AvgIpc) is 3.23. The van der Waals surface area contributed by atoms with E-state index in [9.17, 15) is 0 Å². The normalized spacial score (nSPS) is 14.4. The van der Waals surface area contributed by atoms with Gasteiger partial charge in [0.25, 0.3) is 0 Å². The summed E-state index contributed by atoms with van der Waals surface area (Å²) >= 11 is 6.07. The molecule has 0 amide bonds. The minimum absolute atomic E-state index is 0.539. The van der Waals surface area contributed by atoms with Gasteiger partial charge in [-0.1, -0.05) is 18.5 Å². The van der Waals surface area contributed by atoms with Gasteiger partial charge in [-0.25, -0.2) is 4.98 Å². The summed E-state index contributed by atoms with van der Waals surface area (Å²) in [7, 11) is 0. The Bertz CT molecular complexity index is 607. The first-order valence-corrected chi connectivity index (χ1v) is 7.78. The maximum Gasteiger partial charge on any atom is 0.130 e. The van der Waals surface area contributed by atoms with E-state index in [1.165, 1.54) is 12.8 Å². The first-order chi connectivity index (χ1) is 10.3. The summed E-state index contributed by atoms with van der Waals surface area (Å²) in [5.74, 6) is 0.879. The van der Waals surface area contributed by atoms with E-state index in [0.717, 1.165) is 35.1 Å². The van der Waals surface area contributed by atoms with Gasteiger partial charge in [0.1, 0.15) is 12.4 Å². The molecular formula is C16H20ClN3O. The molecule has 21 heavy (non-hydrogen) atoms. The Balaban J connectivity index is 1.70. The second kappa shape index (κ2) is 6.50. The Morgan fingerprint density at radius 1 is 1.43 bits per heavy atom. The summed E-state index contributed by atoms with van der Waals surface area (Å²) in [6, 6.07) is 6.38. The summed E-state index contributed by atoms with van der Waals surface area (Å²) in [5, 5.41) is 4.04. The highest BCUT2D eigenvalue weighted by Gasteiger charge is 2.25. The molecule has 1 heterocycles. The van der Waals surface area contributed by atoms with Crippen LogP contribution in [0.15, 0.2) is 30.7 Å². The van der Waals surface area contributed by atoms with Crippen LogP contribution in [-0.2, 0) is 13.2 Å². The van der Waals surface area contributed by atoms with E-state index in [1.807, 2.05) is 30.7 Å². The number of nitrogens with one attached hydrogen (secondary N) is 1. The Morgan fingerprint density at radius 2 is 2.29 bits per heavy atom. The first kappa shape index (κ1) is 14.4. The van der Waals surface area contributed by atoms with Gasteiger partial charge in [0.15, 0.2) is 0 Å². The van der Waals surface area contributed by atoms with E-state index in [0.29, 0.717) is 12.6 Å². The molecule has 3 rings (SSSR count). The topological polar surface area (TPSA) is 39.1 Å². The van der Waals surface area contributed by atoms with Gasteiger partial charge in [0, 0.05) is 23.2 Å². The van der Waals surface area contributed by atoms with Crippen LogP contribution in [0.4, 0.5) is 0 Å². The van der Waals surface area contributed by atoms with Crippen molar-refractivity contribution in [3.63, 3.8) is 0 Å². The fourth-order valence-corrected chi connectivity index (χ4v) is 2.56. The molecule has 5 heteroatoms. The zero-order valence-corrected chi connectivity index (χ0v) is 12.9. The SMILES string of the molecule is CCNCc1cc(Cl)ccc1OCc1cncn1C1CC1. The summed E-state index contributed by atoms with van der Waals surface area (Å²) in [6.45, 7) is 4.30. The standard InChI is InChI=1S/C16H20ClN3O/c1-2-18-8-12-7-13(17)3-6-16(12)21-10-15-9-19-11-20(15)14-4-5-14/h3,6-7,9,11,14,18H,2,4-5,8,10H2,1H3. The van der Waals surface area contributed by atoms with Crippen LogP contribution in [0, 0.1) is 0 Å². The average molecular weight is 306 g/mol. The van der Waals surface area contributed by atoms with Crippen LogP contribution < -0.4 is 10.1 Å². The summed E-state index contributed by atoms with van der Waals surface area (Å²) in [4.78, 5) is 4.23. The van der Waals surface area contributed by atoms with Crippen LogP contribution >= 0.6 is 11.6 Å². The van der Waals surface area contributed by atoms with Crippen molar-refractivity contribution in [3.05, 3.63) is 47.0 Å². The van der Waals surface area contributed by atoms with Gasteiger partial charge >= 0.3 is 0 Å². The van der Waals surface area contributed by atoms with Crippen molar-refractivity contribution in [2.45, 2.75) is 39.0 Å². The molecule has 1 N–H and O–H groups in total. The second-order valence-corrected chi connectivity index (χ2v) is 5.78. The summed E-state index contributed by atoms with van der Waals surface area (Å²) in [6.07, 6.45) is 6.28. The zero-order chi connectivity index (χ0) is 14.7. The molecule has 1 fully saturated rings. The number of nitrogens with zero attached hydrogens (tertiary/aromatic N) is 2. The number of hydrogen-bond donors (Lipinski definition) is 1. The molecule has 1 saturated carbocycles. The maximum atomic E-state index is 6.07. The minimum atomic E-state index is 0.539. The lowest BCUT2D eigenvalue weighted by Gasteiger charge is -2.13. The number of imidazole rings is 1. The van der Waals surface area contributed by atoms with Crippen LogP contribution in [0.2, 0.25) is 5.02 Å². The van der Waals surface area contributed by atoms with Crippen molar-refractivity contribution >= 4 is 11.6 Å². The molecule has 0 unspecified atom stereocenters. The predicted molar refractivity (Wildman–Crippen MR) is 83.7 cm³/mol. The van der Waals surface area contributed by atoms with Gasteiger partial charge in [-0.3, -0.25) is 0 Å². The highest BCUT2D eigenvalue weighted by atomic mass is 35.5. The smallest absolute Gasteiger partial charge is 0.130 e. The van der Waals surface area contributed by atoms with Crippen molar-refractivity contribution in [2.75, 3.05) is 6.54 Å². The van der Waals surface area contributed by atoms with Crippen molar-refractivity contribution < 1.29 is 4.74 Å². The molecule has 1 aromatic carbocycles. The highest BCUT2D eigenvalue weighted by Crippen LogP contribution is 2.36. The van der Waals surface area contributed by atoms with Crippen molar-refractivity contribution in [1.82, 2.24) is 14.9 Å². The molecule has 1 aliphatic carbocycles. The van der Waals surface area contributed by atoms with Crippen LogP contribution in [0.25, 0.3) is 0 Å². The van der Waals surface area contributed by atoms with E-state index in [4.69, 9.17) is 16.3 Å². The van der Waals surface area contributed by atoms with Crippen molar-refractivity contribution in [1.29, 1.82) is 0 Å². The Morgan fingerprint density at radius 3 is 3.05 bits per heavy atom. The van der Waals surface area contributed by atoms with Crippen LogP contribution in [0.3, 0.4) is 0 Å². The van der Waals surface area contributed by atoms with Gasteiger partial charge < -0.3 is 14.6 Å². The van der Waals surface area contributed by atoms with E-state index in [2.05, 4.69) is 21.8 Å². The third-order valence-electron chi connectivity index (χ3n) is 3.65. The Kier molecular flexibility index (Phi) is 4.46. The lowest BCUT2D eigenvalue weighted by atomic mass is 10.2. The number of rotatable bonds is 7. The van der Waals surface area contributed by atoms with Gasteiger partial charge in [-0.15, -0.1) is 0 Å². The number of benzene rings is 1. The van der Waals surface area contributed by atoms with E-state index in [-0.39, 0.29) is 0 Å². The fourth-order valence-electron chi connectivity index (χ4n) is 2.36. The molecule has 4 nitrogen and oxygen atoms in total. The number of aromatic nitrogens is 2. The van der Waals surface area contributed by atoms with Crippen molar-refractivity contribution in [3.8, 4) is 5.75 Å². The van der Waals surface area contributed by atoms with Gasteiger partial charge in [0.2, 0.25) is 0 Å². The summed E-state index contributed by atoms with van der Waals surface area (Å²) < 4.78 is 8.21. The quantitative estimate of drug-likeness (QED) is 0.850. The monoisotopic (exact) mass is 305 g/mol. The number of hydrogen-bond acceptors (Lipinski definition) is 3. The third-order valence-corrected chi connectivity index (χ3v) is 3.89. The molecule has 0 aliphatic heterocycles. The molecule has 1 aliphatic rings. The zero-order valence-electron chi connectivity index (χ0n) is 12.2. The first-order valence-electron chi connectivity index (χ1n) is 7.40. The largest absolute Gasteiger partial charge is 0.487 e. The number of ether oxygens (including phenoxy) is 1. The lowest BCUT2D eigenvalue weighted by molar-refractivity contribution is 0.291. The maximum absolute atomic E-state index is 6.07. The Hall–Kier alpha value is -1.52. The second-order valence-electron chi connectivity index (χ2n) is 5.34. The third kappa shape index (κ3) is 3.57. The van der Waals surface area contributed by atoms with Crippen LogP contribution in [-0.4, -0.2) is 16.1 Å². The highest BCUT2D eigenvalue weighted by molar-refractivity contribution is 6.30. The molecule has 0 radical (unpaired) electrons. The molecule has 1 aromatic heterocycles. The molecule has 2 aromatic rings. The summed E-state index contributed by atoms with van der Waals surface area (Å²) in [5.41, 5.74) is 2.21. The van der Waals surface area contributed by atoms with Crippen molar-refractivity contribution in [2.24, 2.45) is 0 Å². The minimum Gasteiger partial charge on any atom is -0.487 e. The van der Waals surface area contributed by atoms with Gasteiger partial charge in [0.05, 0.1) is 18.2 Å². The van der Waals surface area contributed by atoms with Crippen LogP contribution in [0.1, 0.15) is 37.1 Å². The molecule has 0 saturated heterocycles. The van der Waals surface area contributed by atoms with E-state index >= 15 is 0 Å². The number of halogens is 1. The predicted octanol–water partition coefficient (Wildman–Crippen LogP) is 3.56. The molecule has 0 atom stereocenters. The fraction of sp³-hybridized carbons (Fsp3) is 0.438. The molecule has 112 valence electrons. The van der Waals surface area contributed by atoms with Gasteiger partial charge in [-0.05, 0) is 37.6 Å². The van der Waals surface area contributed by atoms with E-state index < -0.39 is 0 Å². The lowest BCUT2D eigenvalue weighted by Crippen LogP contribution is -2.13.